The fraction of sp³-hybridized carbons (Fsp3) is 0.350. The summed E-state index contributed by atoms with van der Waals surface area (Å²) in [5, 5.41) is 2.32. The molecule has 2 fully saturated rings. The first-order chi connectivity index (χ1) is 11.3. The largest absolute Gasteiger partial charge is 0.284 e. The van der Waals surface area contributed by atoms with Gasteiger partial charge < -0.3 is 0 Å². The summed E-state index contributed by atoms with van der Waals surface area (Å²) in [5.41, 5.74) is 3.60. The Balaban J connectivity index is 1.83. The molecule has 3 nitrogen and oxygen atoms in total. The van der Waals surface area contributed by atoms with Crippen LogP contribution >= 0.6 is 0 Å². The molecule has 2 aromatic carbocycles. The van der Waals surface area contributed by atoms with Crippen LogP contribution in [0, 0.1) is 0 Å². The van der Waals surface area contributed by atoms with Crippen molar-refractivity contribution in [3.05, 3.63) is 64.1 Å². The van der Waals surface area contributed by atoms with Crippen LogP contribution in [0.3, 0.4) is 0 Å². The zero-order valence-corrected chi connectivity index (χ0v) is 13.3. The molecule has 2 aliphatic carbocycles. The second-order valence-electron chi connectivity index (χ2n) is 6.99. The molecule has 0 bridgehead atoms. The monoisotopic (exact) mass is 304 g/mol. The number of fused-ring (bicyclic) bond motifs is 1. The van der Waals surface area contributed by atoms with Crippen LogP contribution in [-0.2, 0) is 7.05 Å². The average Bonchev–Trinajstić information content (AvgIpc) is 3.46. The van der Waals surface area contributed by atoms with Crippen LogP contribution in [0.2, 0.25) is 0 Å². The van der Waals surface area contributed by atoms with Gasteiger partial charge in [-0.3, -0.25) is 9.48 Å². The number of aromatic nitrogens is 2. The van der Waals surface area contributed by atoms with Gasteiger partial charge in [0.2, 0.25) is 0 Å². The Kier molecular flexibility index (Phi) is 2.64. The van der Waals surface area contributed by atoms with Crippen molar-refractivity contribution in [2.75, 3.05) is 0 Å². The summed E-state index contributed by atoms with van der Waals surface area (Å²) in [6.45, 7) is 0. The highest BCUT2D eigenvalue weighted by Gasteiger charge is 2.39. The van der Waals surface area contributed by atoms with E-state index in [9.17, 15) is 4.79 Å². The molecule has 3 heteroatoms. The summed E-state index contributed by atoms with van der Waals surface area (Å²) < 4.78 is 4.04. The summed E-state index contributed by atoms with van der Waals surface area (Å²) in [4.78, 5) is 13.2. The van der Waals surface area contributed by atoms with Crippen molar-refractivity contribution in [1.82, 2.24) is 9.36 Å². The molecule has 0 spiro atoms. The number of nitrogens with zero attached hydrogens (tertiary/aromatic N) is 2. The van der Waals surface area contributed by atoms with Crippen molar-refractivity contribution in [3.63, 3.8) is 0 Å². The van der Waals surface area contributed by atoms with Crippen molar-refractivity contribution >= 4 is 10.8 Å². The van der Waals surface area contributed by atoms with Crippen LogP contribution in [-0.4, -0.2) is 9.36 Å². The van der Waals surface area contributed by atoms with Crippen LogP contribution < -0.4 is 5.56 Å². The van der Waals surface area contributed by atoms with E-state index in [0.29, 0.717) is 11.8 Å². The lowest BCUT2D eigenvalue weighted by atomic mass is 10.1. The Hall–Kier alpha value is -2.29. The molecule has 2 aliphatic rings. The summed E-state index contributed by atoms with van der Waals surface area (Å²) in [5.74, 6) is 1.10. The number of hydrogen-bond acceptors (Lipinski definition) is 1. The standard InChI is InChI=1S/C20H20N2O/c1-21-19(15-11-12-15)18(14-9-10-14)20(23)22(21)17-8-4-6-13-5-2-3-7-16(13)17/h2-8,14-15H,9-12H2,1H3. The van der Waals surface area contributed by atoms with Crippen LogP contribution in [0.5, 0.6) is 0 Å². The minimum absolute atomic E-state index is 0.202. The fourth-order valence-corrected chi connectivity index (χ4v) is 3.90. The summed E-state index contributed by atoms with van der Waals surface area (Å²) in [7, 11) is 2.06. The SMILES string of the molecule is Cn1c(C2CC2)c(C2CC2)c(=O)n1-c1cccc2ccccc12. The predicted molar refractivity (Wildman–Crippen MR) is 92.5 cm³/mol. The summed E-state index contributed by atoms with van der Waals surface area (Å²) in [6, 6.07) is 14.5. The minimum Gasteiger partial charge on any atom is -0.284 e. The van der Waals surface area contributed by atoms with Crippen molar-refractivity contribution < 1.29 is 0 Å². The maximum Gasteiger partial charge on any atom is 0.275 e. The number of rotatable bonds is 3. The predicted octanol–water partition coefficient (Wildman–Crippen LogP) is 4.08. The highest BCUT2D eigenvalue weighted by Crippen LogP contribution is 2.48. The van der Waals surface area contributed by atoms with Gasteiger partial charge in [-0.25, -0.2) is 4.68 Å². The third-order valence-corrected chi connectivity index (χ3v) is 5.29. The Morgan fingerprint density at radius 3 is 2.35 bits per heavy atom. The molecule has 0 unspecified atom stereocenters. The van der Waals surface area contributed by atoms with Crippen molar-refractivity contribution in [2.24, 2.45) is 7.05 Å². The lowest BCUT2D eigenvalue weighted by Crippen LogP contribution is -2.21. The molecule has 1 aromatic heterocycles. The molecule has 0 amide bonds. The highest BCUT2D eigenvalue weighted by atomic mass is 16.1. The van der Waals surface area contributed by atoms with E-state index in [4.69, 9.17) is 0 Å². The van der Waals surface area contributed by atoms with Gasteiger partial charge in [0.05, 0.1) is 5.69 Å². The minimum atomic E-state index is 0.202. The maximum absolute atomic E-state index is 13.2. The van der Waals surface area contributed by atoms with Gasteiger partial charge in [0.15, 0.2) is 0 Å². The van der Waals surface area contributed by atoms with Gasteiger partial charge >= 0.3 is 0 Å². The van der Waals surface area contributed by atoms with Crippen LogP contribution in [0.1, 0.15) is 48.8 Å². The van der Waals surface area contributed by atoms with Gasteiger partial charge in [0, 0.05) is 29.6 Å². The molecule has 3 aromatic rings. The molecular formula is C20H20N2O. The lowest BCUT2D eigenvalue weighted by Gasteiger charge is -2.12. The molecule has 0 aliphatic heterocycles. The van der Waals surface area contributed by atoms with E-state index >= 15 is 0 Å². The average molecular weight is 304 g/mol. The number of hydrogen-bond donors (Lipinski definition) is 0. The van der Waals surface area contributed by atoms with E-state index in [-0.39, 0.29) is 5.56 Å². The van der Waals surface area contributed by atoms with Gasteiger partial charge in [0.1, 0.15) is 0 Å². The van der Waals surface area contributed by atoms with Crippen LogP contribution in [0.15, 0.2) is 47.3 Å². The molecule has 1 heterocycles. The smallest absolute Gasteiger partial charge is 0.275 e. The third-order valence-electron chi connectivity index (χ3n) is 5.29. The third kappa shape index (κ3) is 1.92. The lowest BCUT2D eigenvalue weighted by molar-refractivity contribution is 0.618. The van der Waals surface area contributed by atoms with Gasteiger partial charge in [0.25, 0.3) is 5.56 Å². The van der Waals surface area contributed by atoms with E-state index in [1.54, 1.807) is 0 Å². The molecule has 0 radical (unpaired) electrons. The Bertz CT molecular complexity index is 966. The summed E-state index contributed by atoms with van der Waals surface area (Å²) >= 11 is 0. The molecule has 23 heavy (non-hydrogen) atoms. The molecule has 0 N–H and O–H groups in total. The zero-order valence-electron chi connectivity index (χ0n) is 13.3. The molecule has 2 saturated carbocycles. The topological polar surface area (TPSA) is 26.9 Å². The van der Waals surface area contributed by atoms with Gasteiger partial charge in [-0.2, -0.15) is 0 Å². The van der Waals surface area contributed by atoms with Gasteiger partial charge in [-0.05, 0) is 43.1 Å². The molecule has 116 valence electrons. The highest BCUT2D eigenvalue weighted by molar-refractivity contribution is 5.90. The van der Waals surface area contributed by atoms with Crippen LogP contribution in [0.4, 0.5) is 0 Å². The summed E-state index contributed by atoms with van der Waals surface area (Å²) in [6.07, 6.45) is 4.81. The van der Waals surface area contributed by atoms with Crippen molar-refractivity contribution in [3.8, 4) is 5.69 Å². The maximum atomic E-state index is 13.2. The molecular weight excluding hydrogens is 284 g/mol. The first-order valence-electron chi connectivity index (χ1n) is 8.55. The first-order valence-corrected chi connectivity index (χ1v) is 8.55. The molecule has 0 saturated heterocycles. The molecule has 5 rings (SSSR count). The van der Waals surface area contributed by atoms with E-state index < -0.39 is 0 Å². The Labute approximate surface area is 135 Å². The van der Waals surface area contributed by atoms with E-state index in [2.05, 4.69) is 36.0 Å². The Morgan fingerprint density at radius 1 is 0.913 bits per heavy atom. The van der Waals surface area contributed by atoms with Crippen molar-refractivity contribution in [1.29, 1.82) is 0 Å². The second-order valence-corrected chi connectivity index (χ2v) is 6.99. The van der Waals surface area contributed by atoms with Gasteiger partial charge in [-0.1, -0.05) is 36.4 Å². The molecule has 0 atom stereocenters. The normalized spacial score (nSPS) is 17.8. The number of benzene rings is 2. The second kappa shape index (κ2) is 4.60. The van der Waals surface area contributed by atoms with E-state index in [1.807, 2.05) is 22.9 Å². The van der Waals surface area contributed by atoms with Crippen LogP contribution in [0.25, 0.3) is 16.5 Å². The quantitative estimate of drug-likeness (QED) is 0.716. The zero-order chi connectivity index (χ0) is 15.6. The van der Waals surface area contributed by atoms with Gasteiger partial charge in [-0.15, -0.1) is 0 Å². The van der Waals surface area contributed by atoms with E-state index in [1.165, 1.54) is 36.8 Å². The Morgan fingerprint density at radius 2 is 1.61 bits per heavy atom. The fourth-order valence-electron chi connectivity index (χ4n) is 3.90. The van der Waals surface area contributed by atoms with Crippen molar-refractivity contribution in [2.45, 2.75) is 37.5 Å². The first kappa shape index (κ1) is 13.2. The van der Waals surface area contributed by atoms with E-state index in [0.717, 1.165) is 16.6 Å².